The largest absolute Gasteiger partial charge is 0.372 e. The van der Waals surface area contributed by atoms with E-state index in [1.165, 1.54) is 32.1 Å². The maximum atomic E-state index is 6.06. The molecule has 0 radical (unpaired) electrons. The van der Waals surface area contributed by atoms with E-state index in [0.29, 0.717) is 6.10 Å². The predicted molar refractivity (Wildman–Crippen MR) is 69.7 cm³/mol. The summed E-state index contributed by atoms with van der Waals surface area (Å²) in [7, 11) is 0. The van der Waals surface area contributed by atoms with E-state index in [-0.39, 0.29) is 5.60 Å². The highest BCUT2D eigenvalue weighted by molar-refractivity contribution is 4.82. The van der Waals surface area contributed by atoms with Crippen LogP contribution in [0.5, 0.6) is 0 Å². The number of ether oxygens (including phenoxy) is 1. The van der Waals surface area contributed by atoms with Gasteiger partial charge < -0.3 is 10.1 Å². The molecule has 1 N–H and O–H groups in total. The Morgan fingerprint density at radius 2 is 2.12 bits per heavy atom. The number of hydrogen-bond acceptors (Lipinski definition) is 2. The van der Waals surface area contributed by atoms with Crippen molar-refractivity contribution in [3.63, 3.8) is 0 Å². The smallest absolute Gasteiger partial charge is 0.0631 e. The van der Waals surface area contributed by atoms with Gasteiger partial charge in [0.05, 0.1) is 11.7 Å². The van der Waals surface area contributed by atoms with Crippen molar-refractivity contribution < 1.29 is 4.74 Å². The lowest BCUT2D eigenvalue weighted by molar-refractivity contribution is -0.0246. The molecule has 1 fully saturated rings. The fourth-order valence-electron chi connectivity index (χ4n) is 2.49. The molecule has 2 unspecified atom stereocenters. The Morgan fingerprint density at radius 1 is 1.38 bits per heavy atom. The van der Waals surface area contributed by atoms with Gasteiger partial charge >= 0.3 is 0 Å². The molecular formula is C14H29NO. The molecule has 0 amide bonds. The molecule has 2 atom stereocenters. The number of rotatable bonds is 7. The zero-order valence-electron chi connectivity index (χ0n) is 11.5. The van der Waals surface area contributed by atoms with Crippen LogP contribution in [0, 0.1) is 5.92 Å². The van der Waals surface area contributed by atoms with Crippen LogP contribution in [0.4, 0.5) is 0 Å². The summed E-state index contributed by atoms with van der Waals surface area (Å²) in [5, 5.41) is 3.53. The number of nitrogens with one attached hydrogen (secondary N) is 1. The zero-order valence-corrected chi connectivity index (χ0v) is 11.5. The van der Waals surface area contributed by atoms with E-state index < -0.39 is 0 Å². The molecule has 1 heterocycles. The van der Waals surface area contributed by atoms with Gasteiger partial charge in [-0.15, -0.1) is 0 Å². The molecule has 0 spiro atoms. The van der Waals surface area contributed by atoms with E-state index >= 15 is 0 Å². The van der Waals surface area contributed by atoms with E-state index in [2.05, 4.69) is 33.0 Å². The van der Waals surface area contributed by atoms with Crippen LogP contribution in [0.25, 0.3) is 0 Å². The highest BCUT2D eigenvalue weighted by Gasteiger charge is 2.32. The van der Waals surface area contributed by atoms with Crippen LogP contribution in [0.2, 0.25) is 0 Å². The maximum Gasteiger partial charge on any atom is 0.0631 e. The summed E-state index contributed by atoms with van der Waals surface area (Å²) in [5.74, 6) is 0.783. The summed E-state index contributed by atoms with van der Waals surface area (Å²) >= 11 is 0. The van der Waals surface area contributed by atoms with Gasteiger partial charge in [0, 0.05) is 0 Å². The van der Waals surface area contributed by atoms with Crippen molar-refractivity contribution in [2.24, 2.45) is 5.92 Å². The van der Waals surface area contributed by atoms with Gasteiger partial charge in [-0.2, -0.15) is 0 Å². The summed E-state index contributed by atoms with van der Waals surface area (Å²) in [4.78, 5) is 0. The lowest BCUT2D eigenvalue weighted by Gasteiger charge is -2.23. The molecule has 0 aliphatic carbocycles. The standard InChI is InChI=1S/C14H29NO/c1-5-9-15-11-12(6-2)10-13-7-8-14(3,4)16-13/h12-13,15H,5-11H2,1-4H3. The first kappa shape index (κ1) is 14.0. The van der Waals surface area contributed by atoms with Crippen LogP contribution >= 0.6 is 0 Å². The summed E-state index contributed by atoms with van der Waals surface area (Å²) in [5.41, 5.74) is 0.125. The lowest BCUT2D eigenvalue weighted by atomic mass is 9.96. The van der Waals surface area contributed by atoms with Gasteiger partial charge in [-0.05, 0) is 58.5 Å². The van der Waals surface area contributed by atoms with Gasteiger partial charge in [0.25, 0.3) is 0 Å². The molecular weight excluding hydrogens is 198 g/mol. The lowest BCUT2D eigenvalue weighted by Crippen LogP contribution is -2.27. The Balaban J connectivity index is 2.23. The predicted octanol–water partition coefficient (Wildman–Crippen LogP) is 3.36. The summed E-state index contributed by atoms with van der Waals surface area (Å²) in [6, 6.07) is 0. The molecule has 0 aromatic carbocycles. The van der Waals surface area contributed by atoms with E-state index in [9.17, 15) is 0 Å². The molecule has 1 saturated heterocycles. The molecule has 96 valence electrons. The second-order valence-electron chi connectivity index (χ2n) is 5.75. The first-order valence-electron chi connectivity index (χ1n) is 6.96. The minimum absolute atomic E-state index is 0.125. The van der Waals surface area contributed by atoms with Crippen LogP contribution in [0.15, 0.2) is 0 Å². The van der Waals surface area contributed by atoms with Crippen molar-refractivity contribution in [1.82, 2.24) is 5.32 Å². The third-order valence-corrected chi connectivity index (χ3v) is 3.59. The van der Waals surface area contributed by atoms with Crippen LogP contribution in [0.3, 0.4) is 0 Å². The molecule has 1 rings (SSSR count). The summed E-state index contributed by atoms with van der Waals surface area (Å²) in [6.45, 7) is 11.2. The second-order valence-corrected chi connectivity index (χ2v) is 5.75. The van der Waals surface area contributed by atoms with E-state index in [0.717, 1.165) is 19.0 Å². The molecule has 1 aliphatic heterocycles. The molecule has 0 aromatic rings. The Bertz CT molecular complexity index is 191. The Morgan fingerprint density at radius 3 is 2.62 bits per heavy atom. The van der Waals surface area contributed by atoms with Crippen molar-refractivity contribution >= 4 is 0 Å². The average molecular weight is 227 g/mol. The monoisotopic (exact) mass is 227 g/mol. The zero-order chi connectivity index (χ0) is 12.0. The third kappa shape index (κ3) is 4.84. The van der Waals surface area contributed by atoms with Crippen molar-refractivity contribution in [1.29, 1.82) is 0 Å². The quantitative estimate of drug-likeness (QED) is 0.673. The van der Waals surface area contributed by atoms with Crippen molar-refractivity contribution in [2.75, 3.05) is 13.1 Å². The van der Waals surface area contributed by atoms with Gasteiger partial charge in [-0.1, -0.05) is 20.3 Å². The molecule has 0 aromatic heterocycles. The fourth-order valence-corrected chi connectivity index (χ4v) is 2.49. The highest BCUT2D eigenvalue weighted by Crippen LogP contribution is 2.32. The first-order chi connectivity index (χ1) is 7.57. The van der Waals surface area contributed by atoms with Crippen LogP contribution in [-0.2, 0) is 4.74 Å². The molecule has 1 aliphatic rings. The Labute approximate surface area is 101 Å². The van der Waals surface area contributed by atoms with Gasteiger partial charge in [-0.3, -0.25) is 0 Å². The first-order valence-corrected chi connectivity index (χ1v) is 6.96. The molecule has 0 saturated carbocycles. The minimum atomic E-state index is 0.125. The maximum absolute atomic E-state index is 6.06. The molecule has 2 nitrogen and oxygen atoms in total. The summed E-state index contributed by atoms with van der Waals surface area (Å²) in [6.07, 6.45) is 6.69. The van der Waals surface area contributed by atoms with Crippen molar-refractivity contribution in [3.05, 3.63) is 0 Å². The van der Waals surface area contributed by atoms with Crippen LogP contribution in [-0.4, -0.2) is 24.8 Å². The normalized spacial score (nSPS) is 25.9. The molecule has 2 heteroatoms. The van der Waals surface area contributed by atoms with Crippen LogP contribution in [0.1, 0.15) is 59.8 Å². The summed E-state index contributed by atoms with van der Waals surface area (Å²) < 4.78 is 6.06. The van der Waals surface area contributed by atoms with Crippen molar-refractivity contribution in [2.45, 2.75) is 71.5 Å². The van der Waals surface area contributed by atoms with Gasteiger partial charge in [-0.25, -0.2) is 0 Å². The SMILES string of the molecule is CCCNCC(CC)CC1CCC(C)(C)O1. The Kier molecular flexibility index (Phi) is 5.77. The van der Waals surface area contributed by atoms with Gasteiger partial charge in [0.1, 0.15) is 0 Å². The van der Waals surface area contributed by atoms with E-state index in [4.69, 9.17) is 4.74 Å². The van der Waals surface area contributed by atoms with Gasteiger partial charge in [0.15, 0.2) is 0 Å². The third-order valence-electron chi connectivity index (χ3n) is 3.59. The minimum Gasteiger partial charge on any atom is -0.372 e. The van der Waals surface area contributed by atoms with Crippen molar-refractivity contribution in [3.8, 4) is 0 Å². The second kappa shape index (κ2) is 6.61. The number of hydrogen-bond donors (Lipinski definition) is 1. The fraction of sp³-hybridized carbons (Fsp3) is 1.00. The average Bonchev–Trinajstić information content (AvgIpc) is 2.57. The van der Waals surface area contributed by atoms with Gasteiger partial charge in [0.2, 0.25) is 0 Å². The van der Waals surface area contributed by atoms with E-state index in [1.54, 1.807) is 0 Å². The Hall–Kier alpha value is -0.0800. The molecule has 16 heavy (non-hydrogen) atoms. The molecule has 0 bridgehead atoms. The van der Waals surface area contributed by atoms with Crippen LogP contribution < -0.4 is 5.32 Å². The topological polar surface area (TPSA) is 21.3 Å². The highest BCUT2D eigenvalue weighted by atomic mass is 16.5. The van der Waals surface area contributed by atoms with E-state index in [1.807, 2.05) is 0 Å².